The minimum absolute atomic E-state index is 0.0530. The molecular weight excluding hydrogens is 282 g/mol. The van der Waals surface area contributed by atoms with Crippen molar-refractivity contribution in [3.05, 3.63) is 58.8 Å². The molecule has 2 aromatic rings. The van der Waals surface area contributed by atoms with Gasteiger partial charge in [0.25, 0.3) is 5.91 Å². The molecule has 0 radical (unpaired) electrons. The van der Waals surface area contributed by atoms with Gasteiger partial charge in [0.1, 0.15) is 0 Å². The first-order chi connectivity index (χ1) is 10.2. The summed E-state index contributed by atoms with van der Waals surface area (Å²) in [7, 11) is 0. The van der Waals surface area contributed by atoms with Crippen LogP contribution in [0.5, 0.6) is 0 Å². The summed E-state index contributed by atoms with van der Waals surface area (Å²) in [6.07, 6.45) is 0. The van der Waals surface area contributed by atoms with Crippen molar-refractivity contribution in [3.63, 3.8) is 0 Å². The van der Waals surface area contributed by atoms with E-state index in [2.05, 4.69) is 11.9 Å². The third-order valence-electron chi connectivity index (χ3n) is 2.84. The standard InChI is InChI=1S/C17H19NO2S/c1-13(2)12-20-10-9-18-17(19)16-15(8-11-21-16)14-6-4-3-5-7-14/h3-8,11H,1,9-10,12H2,2H3,(H,18,19). The Kier molecular flexibility index (Phi) is 5.72. The molecule has 1 aromatic carbocycles. The van der Waals surface area contributed by atoms with E-state index in [0.29, 0.717) is 19.8 Å². The van der Waals surface area contributed by atoms with Crippen molar-refractivity contribution in [1.82, 2.24) is 5.32 Å². The highest BCUT2D eigenvalue weighted by atomic mass is 32.1. The van der Waals surface area contributed by atoms with E-state index in [4.69, 9.17) is 4.74 Å². The molecule has 0 aliphatic rings. The number of amides is 1. The van der Waals surface area contributed by atoms with Gasteiger partial charge in [-0.3, -0.25) is 4.79 Å². The number of hydrogen-bond donors (Lipinski definition) is 1. The van der Waals surface area contributed by atoms with E-state index in [0.717, 1.165) is 21.6 Å². The van der Waals surface area contributed by atoms with Crippen molar-refractivity contribution in [2.45, 2.75) is 6.92 Å². The first kappa shape index (κ1) is 15.5. The minimum atomic E-state index is -0.0530. The fraction of sp³-hybridized carbons (Fsp3) is 0.235. The smallest absolute Gasteiger partial charge is 0.262 e. The average Bonchev–Trinajstić information content (AvgIpc) is 2.97. The Bertz CT molecular complexity index is 604. The first-order valence-corrected chi connectivity index (χ1v) is 7.69. The fourth-order valence-electron chi connectivity index (χ4n) is 1.89. The van der Waals surface area contributed by atoms with Crippen molar-refractivity contribution in [2.75, 3.05) is 19.8 Å². The normalized spacial score (nSPS) is 10.3. The zero-order valence-electron chi connectivity index (χ0n) is 12.1. The lowest BCUT2D eigenvalue weighted by atomic mass is 10.1. The summed E-state index contributed by atoms with van der Waals surface area (Å²) in [4.78, 5) is 13.0. The number of benzene rings is 1. The third kappa shape index (κ3) is 4.55. The predicted octanol–water partition coefficient (Wildman–Crippen LogP) is 3.74. The molecule has 1 N–H and O–H groups in total. The number of carbonyl (C=O) groups is 1. The zero-order valence-corrected chi connectivity index (χ0v) is 12.9. The second-order valence-corrected chi connectivity index (χ2v) is 5.71. The van der Waals surface area contributed by atoms with Crippen molar-refractivity contribution in [3.8, 4) is 11.1 Å². The molecule has 0 unspecified atom stereocenters. The van der Waals surface area contributed by atoms with E-state index in [1.54, 1.807) is 0 Å². The van der Waals surface area contributed by atoms with E-state index >= 15 is 0 Å². The summed E-state index contributed by atoms with van der Waals surface area (Å²) in [6.45, 7) is 7.20. The summed E-state index contributed by atoms with van der Waals surface area (Å²) < 4.78 is 5.37. The molecule has 1 aromatic heterocycles. The second kappa shape index (κ2) is 7.76. The van der Waals surface area contributed by atoms with Crippen molar-refractivity contribution in [2.24, 2.45) is 0 Å². The summed E-state index contributed by atoms with van der Waals surface area (Å²) in [5.74, 6) is -0.0530. The van der Waals surface area contributed by atoms with Gasteiger partial charge in [0.2, 0.25) is 0 Å². The summed E-state index contributed by atoms with van der Waals surface area (Å²) in [5, 5.41) is 4.83. The van der Waals surface area contributed by atoms with E-state index in [1.807, 2.05) is 48.7 Å². The Morgan fingerprint density at radius 1 is 1.29 bits per heavy atom. The van der Waals surface area contributed by atoms with Gasteiger partial charge in [0, 0.05) is 12.1 Å². The molecule has 0 bridgehead atoms. The predicted molar refractivity (Wildman–Crippen MR) is 87.7 cm³/mol. The Balaban J connectivity index is 1.92. The van der Waals surface area contributed by atoms with Crippen LogP contribution in [-0.2, 0) is 4.74 Å². The molecule has 0 saturated heterocycles. The molecular formula is C17H19NO2S. The highest BCUT2D eigenvalue weighted by Gasteiger charge is 2.13. The van der Waals surface area contributed by atoms with Crippen LogP contribution < -0.4 is 5.32 Å². The van der Waals surface area contributed by atoms with Crippen LogP contribution in [0.2, 0.25) is 0 Å². The molecule has 0 aliphatic heterocycles. The van der Waals surface area contributed by atoms with E-state index in [1.165, 1.54) is 11.3 Å². The number of thiophene rings is 1. The highest BCUT2D eigenvalue weighted by Crippen LogP contribution is 2.27. The largest absolute Gasteiger partial charge is 0.375 e. The van der Waals surface area contributed by atoms with Gasteiger partial charge in [0.15, 0.2) is 0 Å². The van der Waals surface area contributed by atoms with Crippen molar-refractivity contribution < 1.29 is 9.53 Å². The average molecular weight is 301 g/mol. The number of rotatable bonds is 7. The quantitative estimate of drug-likeness (QED) is 0.625. The zero-order chi connectivity index (χ0) is 15.1. The second-order valence-electron chi connectivity index (χ2n) is 4.80. The van der Waals surface area contributed by atoms with Gasteiger partial charge in [-0.05, 0) is 23.9 Å². The van der Waals surface area contributed by atoms with Crippen LogP contribution in [0.25, 0.3) is 11.1 Å². The van der Waals surface area contributed by atoms with Crippen LogP contribution in [0, 0.1) is 0 Å². The van der Waals surface area contributed by atoms with E-state index in [9.17, 15) is 4.79 Å². The summed E-state index contributed by atoms with van der Waals surface area (Å²) >= 11 is 1.45. The lowest BCUT2D eigenvalue weighted by Crippen LogP contribution is -2.27. The maximum atomic E-state index is 12.2. The molecule has 0 saturated carbocycles. The lowest BCUT2D eigenvalue weighted by Gasteiger charge is -2.07. The van der Waals surface area contributed by atoms with Crippen LogP contribution in [0.1, 0.15) is 16.6 Å². The highest BCUT2D eigenvalue weighted by molar-refractivity contribution is 7.12. The van der Waals surface area contributed by atoms with Gasteiger partial charge in [-0.15, -0.1) is 11.3 Å². The summed E-state index contributed by atoms with van der Waals surface area (Å²) in [5.41, 5.74) is 3.01. The Hall–Kier alpha value is -1.91. The van der Waals surface area contributed by atoms with Gasteiger partial charge in [-0.1, -0.05) is 42.5 Å². The molecule has 0 fully saturated rings. The Labute approximate surface area is 129 Å². The van der Waals surface area contributed by atoms with Gasteiger partial charge >= 0.3 is 0 Å². The number of hydrogen-bond acceptors (Lipinski definition) is 3. The van der Waals surface area contributed by atoms with Crippen LogP contribution in [0.3, 0.4) is 0 Å². The minimum Gasteiger partial charge on any atom is -0.375 e. The van der Waals surface area contributed by atoms with Gasteiger partial charge in [0.05, 0.1) is 18.1 Å². The maximum absolute atomic E-state index is 12.2. The van der Waals surface area contributed by atoms with E-state index < -0.39 is 0 Å². The van der Waals surface area contributed by atoms with Gasteiger partial charge < -0.3 is 10.1 Å². The lowest BCUT2D eigenvalue weighted by molar-refractivity contribution is 0.0931. The monoisotopic (exact) mass is 301 g/mol. The molecule has 1 heterocycles. The molecule has 2 rings (SSSR count). The Morgan fingerprint density at radius 2 is 2.05 bits per heavy atom. The number of ether oxygens (including phenoxy) is 1. The van der Waals surface area contributed by atoms with Crippen molar-refractivity contribution in [1.29, 1.82) is 0 Å². The van der Waals surface area contributed by atoms with Gasteiger partial charge in [-0.25, -0.2) is 0 Å². The van der Waals surface area contributed by atoms with Crippen LogP contribution in [-0.4, -0.2) is 25.7 Å². The molecule has 110 valence electrons. The maximum Gasteiger partial charge on any atom is 0.262 e. The SMILES string of the molecule is C=C(C)COCCNC(=O)c1sccc1-c1ccccc1. The van der Waals surface area contributed by atoms with E-state index in [-0.39, 0.29) is 5.91 Å². The molecule has 0 spiro atoms. The molecule has 1 amide bonds. The molecule has 0 atom stereocenters. The van der Waals surface area contributed by atoms with Crippen molar-refractivity contribution >= 4 is 17.2 Å². The molecule has 3 nitrogen and oxygen atoms in total. The first-order valence-electron chi connectivity index (χ1n) is 6.81. The molecule has 21 heavy (non-hydrogen) atoms. The van der Waals surface area contributed by atoms with Crippen LogP contribution >= 0.6 is 11.3 Å². The van der Waals surface area contributed by atoms with Crippen LogP contribution in [0.15, 0.2) is 53.9 Å². The molecule has 0 aliphatic carbocycles. The topological polar surface area (TPSA) is 38.3 Å². The Morgan fingerprint density at radius 3 is 2.76 bits per heavy atom. The number of carbonyl (C=O) groups excluding carboxylic acids is 1. The van der Waals surface area contributed by atoms with Crippen LogP contribution in [0.4, 0.5) is 0 Å². The summed E-state index contributed by atoms with van der Waals surface area (Å²) in [6, 6.07) is 11.9. The third-order valence-corrected chi connectivity index (χ3v) is 3.75. The number of nitrogens with one attached hydrogen (secondary N) is 1. The fourth-order valence-corrected chi connectivity index (χ4v) is 2.73. The molecule has 4 heteroatoms. The van der Waals surface area contributed by atoms with Gasteiger partial charge in [-0.2, -0.15) is 0 Å².